The minimum Gasteiger partial charge on any atom is -0.310 e. The van der Waals surface area contributed by atoms with Gasteiger partial charge < -0.3 is 5.32 Å². The lowest BCUT2D eigenvalue weighted by molar-refractivity contribution is 0.503. The Labute approximate surface area is 98.2 Å². The molecule has 0 aliphatic rings. The SMILES string of the molecule is C#CCCC(NCCC)c1cnn(C)c1C. The molecule has 1 aromatic rings. The smallest absolute Gasteiger partial charge is 0.0540 e. The summed E-state index contributed by atoms with van der Waals surface area (Å²) in [4.78, 5) is 0. The Morgan fingerprint density at radius 1 is 1.62 bits per heavy atom. The van der Waals surface area contributed by atoms with Crippen LogP contribution in [0.5, 0.6) is 0 Å². The Kier molecular flexibility index (Phi) is 5.07. The van der Waals surface area contributed by atoms with Gasteiger partial charge in [0.2, 0.25) is 0 Å². The molecule has 0 radical (unpaired) electrons. The summed E-state index contributed by atoms with van der Waals surface area (Å²) in [5, 5.41) is 7.80. The van der Waals surface area contributed by atoms with E-state index in [9.17, 15) is 0 Å². The quantitative estimate of drug-likeness (QED) is 0.743. The van der Waals surface area contributed by atoms with Crippen molar-refractivity contribution >= 4 is 0 Å². The standard InChI is InChI=1S/C13H21N3/c1-5-7-8-13(14-9-6-2)12-10-15-16(4)11(12)3/h1,10,13-14H,6-9H2,2-4H3. The van der Waals surface area contributed by atoms with E-state index < -0.39 is 0 Å². The molecule has 0 saturated heterocycles. The molecule has 0 saturated carbocycles. The molecule has 1 unspecified atom stereocenters. The normalized spacial score (nSPS) is 12.4. The van der Waals surface area contributed by atoms with Gasteiger partial charge in [0.05, 0.1) is 6.20 Å². The molecule has 3 heteroatoms. The summed E-state index contributed by atoms with van der Waals surface area (Å²) in [6, 6.07) is 0.338. The largest absolute Gasteiger partial charge is 0.310 e. The highest BCUT2D eigenvalue weighted by molar-refractivity contribution is 5.20. The third-order valence-electron chi connectivity index (χ3n) is 2.87. The van der Waals surface area contributed by atoms with Crippen molar-refractivity contribution in [1.82, 2.24) is 15.1 Å². The Hall–Kier alpha value is -1.27. The van der Waals surface area contributed by atoms with Gasteiger partial charge in [-0.15, -0.1) is 12.3 Å². The first-order chi connectivity index (χ1) is 7.70. The number of aryl methyl sites for hydroxylation is 1. The maximum atomic E-state index is 5.33. The van der Waals surface area contributed by atoms with Crippen molar-refractivity contribution in [2.24, 2.45) is 7.05 Å². The summed E-state index contributed by atoms with van der Waals surface area (Å²) in [5.41, 5.74) is 2.48. The van der Waals surface area contributed by atoms with Crippen LogP contribution in [0, 0.1) is 19.3 Å². The second-order valence-electron chi connectivity index (χ2n) is 4.06. The van der Waals surface area contributed by atoms with Gasteiger partial charge in [-0.3, -0.25) is 4.68 Å². The molecule has 3 nitrogen and oxygen atoms in total. The van der Waals surface area contributed by atoms with Crippen molar-refractivity contribution in [3.05, 3.63) is 17.5 Å². The number of terminal acetylenes is 1. The van der Waals surface area contributed by atoms with Crippen molar-refractivity contribution in [1.29, 1.82) is 0 Å². The molecular formula is C13H21N3. The molecule has 1 heterocycles. The second-order valence-corrected chi connectivity index (χ2v) is 4.06. The molecule has 0 amide bonds. The molecule has 0 aliphatic heterocycles. The van der Waals surface area contributed by atoms with E-state index in [4.69, 9.17) is 6.42 Å². The van der Waals surface area contributed by atoms with Gasteiger partial charge in [-0.05, 0) is 26.3 Å². The van der Waals surface area contributed by atoms with Gasteiger partial charge in [0.15, 0.2) is 0 Å². The fourth-order valence-corrected chi connectivity index (χ4v) is 1.77. The maximum Gasteiger partial charge on any atom is 0.0540 e. The van der Waals surface area contributed by atoms with Crippen LogP contribution in [-0.2, 0) is 7.05 Å². The minimum absolute atomic E-state index is 0.338. The molecule has 1 rings (SSSR count). The molecule has 88 valence electrons. The van der Waals surface area contributed by atoms with Gasteiger partial charge in [0, 0.05) is 30.8 Å². The lowest BCUT2D eigenvalue weighted by Crippen LogP contribution is -2.22. The van der Waals surface area contributed by atoms with Gasteiger partial charge in [-0.2, -0.15) is 5.10 Å². The third kappa shape index (κ3) is 3.11. The van der Waals surface area contributed by atoms with Crippen LogP contribution in [0.2, 0.25) is 0 Å². The van der Waals surface area contributed by atoms with Crippen LogP contribution in [0.1, 0.15) is 43.5 Å². The second kappa shape index (κ2) is 6.34. The first kappa shape index (κ1) is 12.8. The van der Waals surface area contributed by atoms with Crippen molar-refractivity contribution in [2.45, 2.75) is 39.2 Å². The summed E-state index contributed by atoms with van der Waals surface area (Å²) >= 11 is 0. The summed E-state index contributed by atoms with van der Waals surface area (Å²) in [5.74, 6) is 2.70. The highest BCUT2D eigenvalue weighted by Gasteiger charge is 2.15. The molecule has 0 bridgehead atoms. The number of nitrogens with one attached hydrogen (secondary N) is 1. The van der Waals surface area contributed by atoms with Crippen LogP contribution in [0.4, 0.5) is 0 Å². The van der Waals surface area contributed by atoms with Crippen LogP contribution in [-0.4, -0.2) is 16.3 Å². The van der Waals surface area contributed by atoms with E-state index in [1.54, 1.807) is 0 Å². The molecule has 1 N–H and O–H groups in total. The monoisotopic (exact) mass is 219 g/mol. The first-order valence-electron chi connectivity index (χ1n) is 5.86. The number of hydrogen-bond acceptors (Lipinski definition) is 2. The average molecular weight is 219 g/mol. The zero-order chi connectivity index (χ0) is 12.0. The van der Waals surface area contributed by atoms with Crippen LogP contribution in [0.3, 0.4) is 0 Å². The number of aromatic nitrogens is 2. The summed E-state index contributed by atoms with van der Waals surface area (Å²) in [7, 11) is 1.97. The Morgan fingerprint density at radius 3 is 2.88 bits per heavy atom. The van der Waals surface area contributed by atoms with E-state index in [1.807, 2.05) is 17.9 Å². The fourth-order valence-electron chi connectivity index (χ4n) is 1.77. The van der Waals surface area contributed by atoms with Gasteiger partial charge in [0.25, 0.3) is 0 Å². The van der Waals surface area contributed by atoms with Crippen LogP contribution >= 0.6 is 0 Å². The maximum absolute atomic E-state index is 5.33. The minimum atomic E-state index is 0.338. The van der Waals surface area contributed by atoms with Gasteiger partial charge >= 0.3 is 0 Å². The van der Waals surface area contributed by atoms with Crippen molar-refractivity contribution < 1.29 is 0 Å². The third-order valence-corrected chi connectivity index (χ3v) is 2.87. The van der Waals surface area contributed by atoms with Crippen LogP contribution in [0.25, 0.3) is 0 Å². The number of rotatable bonds is 6. The molecule has 1 aromatic heterocycles. The van der Waals surface area contributed by atoms with E-state index in [0.29, 0.717) is 6.04 Å². The van der Waals surface area contributed by atoms with Crippen molar-refractivity contribution in [3.63, 3.8) is 0 Å². The van der Waals surface area contributed by atoms with Crippen molar-refractivity contribution in [2.75, 3.05) is 6.54 Å². The zero-order valence-corrected chi connectivity index (χ0v) is 10.5. The molecule has 0 spiro atoms. The molecule has 0 fully saturated rings. The molecular weight excluding hydrogens is 198 g/mol. The highest BCUT2D eigenvalue weighted by atomic mass is 15.3. The molecule has 0 aromatic carbocycles. The number of hydrogen-bond donors (Lipinski definition) is 1. The Bertz CT molecular complexity index is 360. The summed E-state index contributed by atoms with van der Waals surface area (Å²) in [6.07, 6.45) is 10.2. The molecule has 0 aliphatic carbocycles. The lowest BCUT2D eigenvalue weighted by atomic mass is 10.0. The fraction of sp³-hybridized carbons (Fsp3) is 0.615. The lowest BCUT2D eigenvalue weighted by Gasteiger charge is -2.17. The first-order valence-corrected chi connectivity index (χ1v) is 5.86. The zero-order valence-electron chi connectivity index (χ0n) is 10.5. The predicted molar refractivity (Wildman–Crippen MR) is 67.0 cm³/mol. The highest BCUT2D eigenvalue weighted by Crippen LogP contribution is 2.21. The van der Waals surface area contributed by atoms with Gasteiger partial charge in [-0.25, -0.2) is 0 Å². The predicted octanol–water partition coefficient (Wildman–Crippen LogP) is 2.18. The van der Waals surface area contributed by atoms with Crippen molar-refractivity contribution in [3.8, 4) is 12.3 Å². The Morgan fingerprint density at radius 2 is 2.38 bits per heavy atom. The molecule has 16 heavy (non-hydrogen) atoms. The van der Waals surface area contributed by atoms with E-state index in [2.05, 4.69) is 30.2 Å². The van der Waals surface area contributed by atoms with E-state index in [0.717, 1.165) is 25.8 Å². The van der Waals surface area contributed by atoms with Gasteiger partial charge in [0.1, 0.15) is 0 Å². The van der Waals surface area contributed by atoms with E-state index in [-0.39, 0.29) is 0 Å². The van der Waals surface area contributed by atoms with Gasteiger partial charge in [-0.1, -0.05) is 6.92 Å². The topological polar surface area (TPSA) is 29.9 Å². The van der Waals surface area contributed by atoms with Crippen LogP contribution < -0.4 is 5.32 Å². The van der Waals surface area contributed by atoms with E-state index in [1.165, 1.54) is 11.3 Å². The van der Waals surface area contributed by atoms with Crippen LogP contribution in [0.15, 0.2) is 6.20 Å². The summed E-state index contributed by atoms with van der Waals surface area (Å²) < 4.78 is 1.91. The average Bonchev–Trinajstić information content (AvgIpc) is 2.61. The summed E-state index contributed by atoms with van der Waals surface area (Å²) in [6.45, 7) is 5.28. The number of nitrogens with zero attached hydrogens (tertiary/aromatic N) is 2. The Balaban J connectivity index is 2.75. The van der Waals surface area contributed by atoms with E-state index >= 15 is 0 Å². The molecule has 1 atom stereocenters.